The molecule has 0 spiro atoms. The molecule has 2 heterocycles. The van der Waals surface area contributed by atoms with Gasteiger partial charge in [-0.2, -0.15) is 0 Å². The predicted molar refractivity (Wildman–Crippen MR) is 95.9 cm³/mol. The highest BCUT2D eigenvalue weighted by Gasteiger charge is 2.19. The Balaban J connectivity index is 1.60. The largest absolute Gasteiger partial charge is 0.296 e. The van der Waals surface area contributed by atoms with E-state index in [-0.39, 0.29) is 0 Å². The second-order valence-electron chi connectivity index (χ2n) is 6.56. The fraction of sp³-hybridized carbons (Fsp3) is 0.300. The van der Waals surface area contributed by atoms with Crippen molar-refractivity contribution in [2.24, 2.45) is 0 Å². The zero-order valence-electron chi connectivity index (χ0n) is 14.0. The first-order valence-electron chi connectivity index (χ1n) is 8.60. The molecule has 0 N–H and O–H groups in total. The Morgan fingerprint density at radius 1 is 1.08 bits per heavy atom. The number of rotatable bonds is 4. The van der Waals surface area contributed by atoms with Crippen molar-refractivity contribution in [2.45, 2.75) is 32.4 Å². The molecule has 0 radical (unpaired) electrons. The first-order valence-corrected chi connectivity index (χ1v) is 8.60. The first kappa shape index (κ1) is 15.1. The minimum Gasteiger partial charge on any atom is -0.296 e. The van der Waals surface area contributed by atoms with Gasteiger partial charge in [0, 0.05) is 12.6 Å². The summed E-state index contributed by atoms with van der Waals surface area (Å²) in [6, 6.07) is 18.0. The van der Waals surface area contributed by atoms with Gasteiger partial charge in [-0.3, -0.25) is 4.90 Å². The molecule has 4 nitrogen and oxygen atoms in total. The Hall–Kier alpha value is -2.46. The van der Waals surface area contributed by atoms with Crippen molar-refractivity contribution < 1.29 is 0 Å². The van der Waals surface area contributed by atoms with Gasteiger partial charge in [0.15, 0.2) is 0 Å². The Bertz CT molecular complexity index is 810. The topological polar surface area (TPSA) is 34.0 Å². The van der Waals surface area contributed by atoms with Crippen molar-refractivity contribution in [3.63, 3.8) is 0 Å². The fourth-order valence-corrected chi connectivity index (χ4v) is 3.49. The Morgan fingerprint density at radius 2 is 1.92 bits per heavy atom. The average Bonchev–Trinajstić information content (AvgIpc) is 3.28. The third kappa shape index (κ3) is 3.10. The van der Waals surface area contributed by atoms with Gasteiger partial charge in [0.2, 0.25) is 0 Å². The van der Waals surface area contributed by atoms with Gasteiger partial charge in [0.1, 0.15) is 0 Å². The summed E-state index contributed by atoms with van der Waals surface area (Å²) in [5, 5.41) is 7.96. The van der Waals surface area contributed by atoms with Crippen LogP contribution in [0.5, 0.6) is 0 Å². The summed E-state index contributed by atoms with van der Waals surface area (Å²) < 4.78 is 1.79. The van der Waals surface area contributed by atoms with Crippen molar-refractivity contribution >= 4 is 0 Å². The van der Waals surface area contributed by atoms with Crippen LogP contribution in [0.4, 0.5) is 0 Å². The summed E-state index contributed by atoms with van der Waals surface area (Å²) in [5.41, 5.74) is 4.87. The lowest BCUT2D eigenvalue weighted by Gasteiger charge is -2.21. The number of hydrogen-bond acceptors (Lipinski definition) is 3. The SMILES string of the molecule is CC1CCCN1Cc1cccc(-c2cccc(-n3ccnn3)c2)c1. The quantitative estimate of drug-likeness (QED) is 0.731. The highest BCUT2D eigenvalue weighted by atomic mass is 15.4. The molecule has 1 unspecified atom stereocenters. The Morgan fingerprint density at radius 3 is 2.67 bits per heavy atom. The number of likely N-dealkylation sites (tertiary alicyclic amines) is 1. The molecule has 0 bridgehead atoms. The van der Waals surface area contributed by atoms with Gasteiger partial charge in [-0.1, -0.05) is 35.5 Å². The van der Waals surface area contributed by atoms with Crippen LogP contribution >= 0.6 is 0 Å². The van der Waals surface area contributed by atoms with E-state index < -0.39 is 0 Å². The molecule has 24 heavy (non-hydrogen) atoms. The van der Waals surface area contributed by atoms with E-state index in [1.807, 2.05) is 12.3 Å². The maximum atomic E-state index is 4.08. The lowest BCUT2D eigenvalue weighted by atomic mass is 10.0. The maximum Gasteiger partial charge on any atom is 0.0697 e. The van der Waals surface area contributed by atoms with Gasteiger partial charge in [-0.05, 0) is 61.2 Å². The molecule has 1 aliphatic heterocycles. The van der Waals surface area contributed by atoms with E-state index >= 15 is 0 Å². The summed E-state index contributed by atoms with van der Waals surface area (Å²) in [5.74, 6) is 0. The Kier molecular flexibility index (Phi) is 4.13. The van der Waals surface area contributed by atoms with E-state index in [9.17, 15) is 0 Å². The van der Waals surface area contributed by atoms with E-state index in [1.165, 1.54) is 36.1 Å². The van der Waals surface area contributed by atoms with Gasteiger partial charge in [0.05, 0.1) is 18.1 Å². The van der Waals surface area contributed by atoms with E-state index in [4.69, 9.17) is 0 Å². The second kappa shape index (κ2) is 6.57. The van der Waals surface area contributed by atoms with Crippen LogP contribution in [0.25, 0.3) is 16.8 Å². The van der Waals surface area contributed by atoms with E-state index in [2.05, 4.69) is 64.6 Å². The van der Waals surface area contributed by atoms with Gasteiger partial charge in [-0.25, -0.2) is 4.68 Å². The molecule has 0 aliphatic carbocycles. The van der Waals surface area contributed by atoms with Crippen LogP contribution in [0.2, 0.25) is 0 Å². The molecule has 1 saturated heterocycles. The summed E-state index contributed by atoms with van der Waals surface area (Å²) in [4.78, 5) is 2.57. The monoisotopic (exact) mass is 318 g/mol. The second-order valence-corrected chi connectivity index (χ2v) is 6.56. The number of nitrogens with zero attached hydrogens (tertiary/aromatic N) is 4. The number of benzene rings is 2. The molecule has 2 aromatic carbocycles. The molecule has 4 heteroatoms. The Labute approximate surface area is 142 Å². The zero-order chi connectivity index (χ0) is 16.4. The molecular weight excluding hydrogens is 296 g/mol. The van der Waals surface area contributed by atoms with E-state index in [0.29, 0.717) is 6.04 Å². The average molecular weight is 318 g/mol. The zero-order valence-corrected chi connectivity index (χ0v) is 14.0. The van der Waals surface area contributed by atoms with Crippen molar-refractivity contribution in [1.29, 1.82) is 0 Å². The fourth-order valence-electron chi connectivity index (χ4n) is 3.49. The lowest BCUT2D eigenvalue weighted by molar-refractivity contribution is 0.260. The summed E-state index contributed by atoms with van der Waals surface area (Å²) in [6.07, 6.45) is 6.20. The van der Waals surface area contributed by atoms with E-state index in [1.54, 1.807) is 10.9 Å². The van der Waals surface area contributed by atoms with Crippen LogP contribution in [0.1, 0.15) is 25.3 Å². The summed E-state index contributed by atoms with van der Waals surface area (Å²) in [7, 11) is 0. The highest BCUT2D eigenvalue weighted by molar-refractivity contribution is 5.66. The minimum atomic E-state index is 0.698. The smallest absolute Gasteiger partial charge is 0.0697 e. The lowest BCUT2D eigenvalue weighted by Crippen LogP contribution is -2.26. The highest BCUT2D eigenvalue weighted by Crippen LogP contribution is 2.25. The van der Waals surface area contributed by atoms with Gasteiger partial charge in [0.25, 0.3) is 0 Å². The molecule has 0 amide bonds. The summed E-state index contributed by atoms with van der Waals surface area (Å²) >= 11 is 0. The first-order chi connectivity index (χ1) is 11.8. The molecule has 1 aliphatic rings. The van der Waals surface area contributed by atoms with Gasteiger partial charge < -0.3 is 0 Å². The third-order valence-electron chi connectivity index (χ3n) is 4.87. The van der Waals surface area contributed by atoms with Crippen LogP contribution in [0.3, 0.4) is 0 Å². The molecule has 1 fully saturated rings. The predicted octanol–water partition coefficient (Wildman–Crippen LogP) is 3.92. The standard InChI is InChI=1S/C20H22N4/c1-16-5-4-11-23(16)15-17-6-2-7-18(13-17)19-8-3-9-20(14-19)24-12-10-21-22-24/h2-3,6-10,12-14,16H,4-5,11,15H2,1H3. The molecule has 1 atom stereocenters. The maximum absolute atomic E-state index is 4.08. The molecular formula is C20H22N4. The molecule has 0 saturated carbocycles. The van der Waals surface area contributed by atoms with Crippen molar-refractivity contribution in [3.05, 3.63) is 66.5 Å². The molecule has 3 aromatic rings. The van der Waals surface area contributed by atoms with Gasteiger partial charge in [-0.15, -0.1) is 5.10 Å². The van der Waals surface area contributed by atoms with Crippen LogP contribution in [0.15, 0.2) is 60.9 Å². The van der Waals surface area contributed by atoms with Crippen molar-refractivity contribution in [1.82, 2.24) is 19.9 Å². The number of aromatic nitrogens is 3. The van der Waals surface area contributed by atoms with Crippen LogP contribution < -0.4 is 0 Å². The van der Waals surface area contributed by atoms with Crippen LogP contribution in [-0.4, -0.2) is 32.5 Å². The molecule has 122 valence electrons. The van der Waals surface area contributed by atoms with Crippen molar-refractivity contribution in [3.8, 4) is 16.8 Å². The van der Waals surface area contributed by atoms with Crippen LogP contribution in [0, 0.1) is 0 Å². The van der Waals surface area contributed by atoms with Gasteiger partial charge >= 0.3 is 0 Å². The molecule has 4 rings (SSSR count). The van der Waals surface area contributed by atoms with Crippen molar-refractivity contribution in [2.75, 3.05) is 6.54 Å². The number of hydrogen-bond donors (Lipinski definition) is 0. The third-order valence-corrected chi connectivity index (χ3v) is 4.87. The molecule has 1 aromatic heterocycles. The normalized spacial score (nSPS) is 18.1. The van der Waals surface area contributed by atoms with E-state index in [0.717, 1.165) is 12.2 Å². The summed E-state index contributed by atoms with van der Waals surface area (Å²) in [6.45, 7) is 4.59. The minimum absolute atomic E-state index is 0.698. The van der Waals surface area contributed by atoms with Crippen LogP contribution in [-0.2, 0) is 6.54 Å².